The molecule has 0 spiro atoms. The van der Waals surface area contributed by atoms with Crippen molar-refractivity contribution in [1.29, 1.82) is 0 Å². The molecule has 1 aliphatic rings. The summed E-state index contributed by atoms with van der Waals surface area (Å²) in [4.78, 5) is 26.8. The minimum atomic E-state index is -0.560. The summed E-state index contributed by atoms with van der Waals surface area (Å²) in [5.74, 6) is 0. The second-order valence-electron chi connectivity index (χ2n) is 5.74. The van der Waals surface area contributed by atoms with Crippen LogP contribution in [0.3, 0.4) is 0 Å². The average molecular weight is 395 g/mol. The van der Waals surface area contributed by atoms with Gasteiger partial charge >= 0.3 is 0 Å². The number of hydrogen-bond acceptors (Lipinski definition) is 9. The number of aliphatic imine (C=N–C) groups is 2. The van der Waals surface area contributed by atoms with E-state index in [1.54, 1.807) is 26.0 Å². The predicted molar refractivity (Wildman–Crippen MR) is 106 cm³/mol. The molecule has 156 valence electrons. The van der Waals surface area contributed by atoms with Crippen LogP contribution in [0.4, 0.5) is 11.4 Å². The largest absolute Gasteiger partial charge is 0.411 e. The Morgan fingerprint density at radius 1 is 1.32 bits per heavy atom. The number of carbonyl (C=O) groups excluding carboxylic acids is 2. The number of nitrogens with zero attached hydrogens (tertiary/aromatic N) is 3. The van der Waals surface area contributed by atoms with E-state index in [1.165, 1.54) is 25.1 Å². The van der Waals surface area contributed by atoms with Crippen LogP contribution in [0.1, 0.15) is 39.7 Å². The Morgan fingerprint density at radius 2 is 1.82 bits per heavy atom. The summed E-state index contributed by atoms with van der Waals surface area (Å²) in [5.41, 5.74) is 2.49. The summed E-state index contributed by atoms with van der Waals surface area (Å²) < 4.78 is 4.71. The lowest BCUT2D eigenvalue weighted by Gasteiger charge is -1.97. The van der Waals surface area contributed by atoms with Gasteiger partial charge in [0.2, 0.25) is 12.2 Å². The van der Waals surface area contributed by atoms with Crippen molar-refractivity contribution < 1.29 is 29.7 Å². The molecule has 0 amide bonds. The van der Waals surface area contributed by atoms with E-state index in [2.05, 4.69) is 22.1 Å². The number of isocyanates is 2. The Bertz CT molecular complexity index is 674. The number of oxime groups is 1. The van der Waals surface area contributed by atoms with E-state index < -0.39 is 6.10 Å². The third-order valence-electron chi connectivity index (χ3n) is 2.98. The summed E-state index contributed by atoms with van der Waals surface area (Å²) >= 11 is 0. The Kier molecular flexibility index (Phi) is 17.4. The minimum Gasteiger partial charge on any atom is -0.411 e. The van der Waals surface area contributed by atoms with Gasteiger partial charge in [-0.15, -0.1) is 0 Å². The van der Waals surface area contributed by atoms with Crippen LogP contribution in [0.2, 0.25) is 0 Å². The topological polar surface area (TPSA) is 144 Å². The third kappa shape index (κ3) is 18.1. The molecule has 0 bridgehead atoms. The molecule has 9 nitrogen and oxygen atoms in total. The van der Waals surface area contributed by atoms with Crippen molar-refractivity contribution in [2.45, 2.75) is 53.2 Å². The van der Waals surface area contributed by atoms with Crippen molar-refractivity contribution >= 4 is 29.2 Å². The Hall–Kier alpha value is -2.67. The monoisotopic (exact) mass is 395 g/mol. The minimum absolute atomic E-state index is 0.139. The van der Waals surface area contributed by atoms with Gasteiger partial charge in [-0.1, -0.05) is 18.1 Å². The van der Waals surface area contributed by atoms with E-state index in [1.807, 2.05) is 6.92 Å². The summed E-state index contributed by atoms with van der Waals surface area (Å²) in [6.45, 7) is 9.94. The summed E-state index contributed by atoms with van der Waals surface area (Å²) in [7, 11) is 0. The molecular weight excluding hydrogens is 366 g/mol. The molecule has 1 heterocycles. The highest BCUT2D eigenvalue weighted by molar-refractivity contribution is 5.80. The Morgan fingerprint density at radius 3 is 2.11 bits per heavy atom. The fourth-order valence-electron chi connectivity index (χ4n) is 1.06. The molecule has 1 aromatic carbocycles. The van der Waals surface area contributed by atoms with Crippen LogP contribution in [0.15, 0.2) is 33.3 Å². The number of benzene rings is 1. The molecule has 2 unspecified atom stereocenters. The van der Waals surface area contributed by atoms with E-state index in [0.29, 0.717) is 17.5 Å². The van der Waals surface area contributed by atoms with Gasteiger partial charge in [-0.3, -0.25) is 0 Å². The summed E-state index contributed by atoms with van der Waals surface area (Å²) in [5, 5.41) is 26.9. The summed E-state index contributed by atoms with van der Waals surface area (Å²) in [6.07, 6.45) is 3.69. The van der Waals surface area contributed by atoms with Gasteiger partial charge in [-0.25, -0.2) is 9.59 Å². The van der Waals surface area contributed by atoms with Crippen LogP contribution in [-0.4, -0.2) is 58.7 Å². The molecule has 0 aliphatic carbocycles. The molecule has 2 rings (SSSR count). The normalized spacial score (nSPS) is 14.8. The first kappa shape index (κ1) is 27.5. The predicted octanol–water partition coefficient (Wildman–Crippen LogP) is 2.94. The van der Waals surface area contributed by atoms with Crippen LogP contribution < -0.4 is 0 Å². The molecule has 1 aliphatic heterocycles. The number of aliphatic hydroxyl groups is 2. The van der Waals surface area contributed by atoms with Crippen molar-refractivity contribution in [1.82, 2.24) is 0 Å². The van der Waals surface area contributed by atoms with Crippen molar-refractivity contribution in [2.75, 3.05) is 13.2 Å². The van der Waals surface area contributed by atoms with Crippen LogP contribution in [-0.2, 0) is 14.3 Å². The van der Waals surface area contributed by atoms with Crippen LogP contribution in [0.25, 0.3) is 0 Å². The van der Waals surface area contributed by atoms with Crippen molar-refractivity contribution in [3.05, 3.63) is 23.8 Å². The van der Waals surface area contributed by atoms with Gasteiger partial charge < -0.3 is 20.2 Å². The molecule has 28 heavy (non-hydrogen) atoms. The van der Waals surface area contributed by atoms with Crippen LogP contribution in [0.5, 0.6) is 0 Å². The molecule has 3 N–H and O–H groups in total. The van der Waals surface area contributed by atoms with Gasteiger partial charge in [0.05, 0.1) is 42.5 Å². The molecule has 0 radical (unpaired) electrons. The smallest absolute Gasteiger partial charge is 0.240 e. The fraction of sp³-hybridized carbons (Fsp3) is 0.526. The van der Waals surface area contributed by atoms with E-state index in [9.17, 15) is 9.59 Å². The van der Waals surface area contributed by atoms with Crippen LogP contribution >= 0.6 is 0 Å². The summed E-state index contributed by atoms with van der Waals surface area (Å²) in [6, 6.07) is 4.88. The first-order valence-electron chi connectivity index (χ1n) is 8.59. The lowest BCUT2D eigenvalue weighted by atomic mass is 10.2. The average Bonchev–Trinajstić information content (AvgIpc) is 3.47. The van der Waals surface area contributed by atoms with Crippen LogP contribution in [0, 0.1) is 6.92 Å². The Labute approximate surface area is 165 Å². The van der Waals surface area contributed by atoms with Gasteiger partial charge in [0.25, 0.3) is 0 Å². The highest BCUT2D eigenvalue weighted by atomic mass is 16.6. The van der Waals surface area contributed by atoms with E-state index in [-0.39, 0.29) is 6.61 Å². The zero-order valence-corrected chi connectivity index (χ0v) is 16.9. The third-order valence-corrected chi connectivity index (χ3v) is 2.98. The molecular formula is C19H29N3O6. The van der Waals surface area contributed by atoms with Gasteiger partial charge in [-0.2, -0.15) is 9.98 Å². The molecule has 2 atom stereocenters. The maximum absolute atomic E-state index is 10.00. The van der Waals surface area contributed by atoms with E-state index in [4.69, 9.17) is 20.2 Å². The highest BCUT2D eigenvalue weighted by Gasteiger charge is 2.13. The maximum atomic E-state index is 10.00. The lowest BCUT2D eigenvalue weighted by molar-refractivity contribution is 0.110. The molecule has 0 aromatic heterocycles. The number of ether oxygens (including phenoxy) is 1. The SMILES string of the molecule is CC(O)CO.CC1CO1.CCC(C)=NO.Cc1ccc(N=C=O)cc1N=C=O. The number of aliphatic hydroxyl groups excluding tert-OH is 2. The first-order valence-corrected chi connectivity index (χ1v) is 8.59. The number of aryl methyl sites for hydroxylation is 1. The molecule has 1 saturated heterocycles. The number of rotatable bonds is 4. The molecule has 1 fully saturated rings. The lowest BCUT2D eigenvalue weighted by Crippen LogP contribution is -2.03. The highest BCUT2D eigenvalue weighted by Crippen LogP contribution is 2.23. The molecule has 9 heteroatoms. The standard InChI is InChI=1S/C9H6N2O2.C4H9NO.C3H8O2.C3H6O/c1-7-2-3-8(10-5-12)4-9(7)11-6-13;1-3-4(2)5-6;1-3(5)2-4;1-3-2-4-3/h2-4H,1H3;6H,3H2,1-2H3;3-5H,2H2,1H3;3H,2H2,1H3. The Balaban J connectivity index is 0. The van der Waals surface area contributed by atoms with Crippen molar-refractivity contribution in [2.24, 2.45) is 15.1 Å². The second kappa shape index (κ2) is 17.7. The quantitative estimate of drug-likeness (QED) is 0.235. The second-order valence-corrected chi connectivity index (χ2v) is 5.74. The van der Waals surface area contributed by atoms with Gasteiger partial charge in [0.1, 0.15) is 0 Å². The van der Waals surface area contributed by atoms with E-state index in [0.717, 1.165) is 24.3 Å². The number of epoxide rings is 1. The maximum Gasteiger partial charge on any atom is 0.240 e. The van der Waals surface area contributed by atoms with Gasteiger partial charge in [0, 0.05) is 0 Å². The van der Waals surface area contributed by atoms with Gasteiger partial charge in [0.15, 0.2) is 0 Å². The van der Waals surface area contributed by atoms with E-state index >= 15 is 0 Å². The fourth-order valence-corrected chi connectivity index (χ4v) is 1.06. The molecule has 1 aromatic rings. The number of hydrogen-bond donors (Lipinski definition) is 3. The zero-order valence-electron chi connectivity index (χ0n) is 16.9. The molecule has 0 saturated carbocycles. The van der Waals surface area contributed by atoms with Crippen molar-refractivity contribution in [3.63, 3.8) is 0 Å². The van der Waals surface area contributed by atoms with Gasteiger partial charge in [-0.05, 0) is 51.8 Å². The zero-order chi connectivity index (χ0) is 21.9. The first-order chi connectivity index (χ1) is 13.2. The van der Waals surface area contributed by atoms with Crippen molar-refractivity contribution in [3.8, 4) is 0 Å².